The summed E-state index contributed by atoms with van der Waals surface area (Å²) >= 11 is 0. The Morgan fingerprint density at radius 1 is 1.05 bits per heavy atom. The second-order valence-corrected chi connectivity index (χ2v) is 4.65. The van der Waals surface area contributed by atoms with Gasteiger partial charge in [-0.3, -0.25) is 4.79 Å². The predicted molar refractivity (Wildman–Crippen MR) is 72.2 cm³/mol. The fourth-order valence-corrected chi connectivity index (χ4v) is 2.24. The molecule has 19 heavy (non-hydrogen) atoms. The molecule has 1 amide bonds. The zero-order chi connectivity index (χ0) is 13.7. The Bertz CT molecular complexity index is 447. The molecule has 0 bridgehead atoms. The quantitative estimate of drug-likeness (QED) is 0.785. The van der Waals surface area contributed by atoms with E-state index in [1.807, 2.05) is 4.90 Å². The van der Waals surface area contributed by atoms with E-state index in [9.17, 15) is 9.59 Å². The van der Waals surface area contributed by atoms with Crippen LogP contribution in [0.1, 0.15) is 46.9 Å². The lowest BCUT2D eigenvalue weighted by Crippen LogP contribution is -2.35. The number of hydrogen-bond donors (Lipinski definition) is 0. The van der Waals surface area contributed by atoms with Crippen LogP contribution in [0.25, 0.3) is 0 Å². The van der Waals surface area contributed by atoms with Gasteiger partial charge in [-0.05, 0) is 50.5 Å². The van der Waals surface area contributed by atoms with Crippen LogP contribution in [0.15, 0.2) is 24.3 Å². The summed E-state index contributed by atoms with van der Waals surface area (Å²) in [5, 5.41) is 0. The zero-order valence-corrected chi connectivity index (χ0v) is 11.2. The lowest BCUT2D eigenvalue weighted by Gasteiger charge is -2.26. The van der Waals surface area contributed by atoms with E-state index < -0.39 is 0 Å². The maximum atomic E-state index is 12.2. The van der Waals surface area contributed by atoms with Crippen LogP contribution < -0.4 is 0 Å². The topological polar surface area (TPSA) is 46.6 Å². The first-order valence-electron chi connectivity index (χ1n) is 6.79. The average molecular weight is 261 g/mol. The van der Waals surface area contributed by atoms with E-state index in [0.717, 1.165) is 25.9 Å². The number of amides is 1. The molecule has 102 valence electrons. The molecule has 0 atom stereocenters. The molecule has 2 rings (SSSR count). The first-order valence-corrected chi connectivity index (χ1v) is 6.79. The molecule has 0 spiro atoms. The third-order valence-corrected chi connectivity index (χ3v) is 3.29. The molecule has 1 aliphatic rings. The van der Waals surface area contributed by atoms with Crippen molar-refractivity contribution in [1.29, 1.82) is 0 Å². The summed E-state index contributed by atoms with van der Waals surface area (Å²) in [4.78, 5) is 25.6. The normalized spacial score (nSPS) is 15.1. The van der Waals surface area contributed by atoms with Crippen molar-refractivity contribution in [2.75, 3.05) is 19.7 Å². The number of hydrogen-bond acceptors (Lipinski definition) is 3. The van der Waals surface area contributed by atoms with Gasteiger partial charge in [-0.15, -0.1) is 0 Å². The number of nitrogens with zero attached hydrogens (tertiary/aromatic N) is 1. The van der Waals surface area contributed by atoms with Crippen molar-refractivity contribution < 1.29 is 14.3 Å². The molecular weight excluding hydrogens is 242 g/mol. The zero-order valence-electron chi connectivity index (χ0n) is 11.2. The van der Waals surface area contributed by atoms with Crippen LogP contribution in [-0.2, 0) is 4.74 Å². The van der Waals surface area contributed by atoms with E-state index in [4.69, 9.17) is 4.74 Å². The average Bonchev–Trinajstić information content (AvgIpc) is 2.48. The molecule has 1 fully saturated rings. The number of likely N-dealkylation sites (tertiary alicyclic amines) is 1. The minimum Gasteiger partial charge on any atom is -0.462 e. The fraction of sp³-hybridized carbons (Fsp3) is 0.467. The SMILES string of the molecule is CCOC(=O)c1ccc(C(=O)N2CCCCC2)cc1. The summed E-state index contributed by atoms with van der Waals surface area (Å²) in [5.74, 6) is -0.297. The highest BCUT2D eigenvalue weighted by molar-refractivity contribution is 5.96. The summed E-state index contributed by atoms with van der Waals surface area (Å²) in [6, 6.07) is 6.69. The van der Waals surface area contributed by atoms with Gasteiger partial charge in [0.05, 0.1) is 12.2 Å². The van der Waals surface area contributed by atoms with Crippen molar-refractivity contribution in [1.82, 2.24) is 4.90 Å². The third kappa shape index (κ3) is 3.34. The van der Waals surface area contributed by atoms with Gasteiger partial charge in [-0.2, -0.15) is 0 Å². The minimum absolute atomic E-state index is 0.0510. The Hall–Kier alpha value is -1.84. The molecule has 4 heteroatoms. The van der Waals surface area contributed by atoms with E-state index in [1.165, 1.54) is 6.42 Å². The summed E-state index contributed by atoms with van der Waals surface area (Å²) < 4.78 is 4.91. The molecule has 0 aromatic heterocycles. The van der Waals surface area contributed by atoms with Gasteiger partial charge in [0.1, 0.15) is 0 Å². The molecule has 0 radical (unpaired) electrons. The monoisotopic (exact) mass is 261 g/mol. The lowest BCUT2D eigenvalue weighted by atomic mass is 10.1. The Morgan fingerprint density at radius 2 is 1.63 bits per heavy atom. The van der Waals surface area contributed by atoms with Crippen molar-refractivity contribution in [3.8, 4) is 0 Å². The van der Waals surface area contributed by atoms with E-state index in [0.29, 0.717) is 17.7 Å². The Kier molecular flexibility index (Phi) is 4.55. The molecule has 0 N–H and O–H groups in total. The van der Waals surface area contributed by atoms with Crippen LogP contribution in [0.3, 0.4) is 0 Å². The largest absolute Gasteiger partial charge is 0.462 e. The van der Waals surface area contributed by atoms with E-state index in [1.54, 1.807) is 31.2 Å². The van der Waals surface area contributed by atoms with Crippen LogP contribution in [-0.4, -0.2) is 36.5 Å². The number of esters is 1. The van der Waals surface area contributed by atoms with Gasteiger partial charge in [0.25, 0.3) is 5.91 Å². The second kappa shape index (κ2) is 6.36. The van der Waals surface area contributed by atoms with Crippen LogP contribution in [0.2, 0.25) is 0 Å². The van der Waals surface area contributed by atoms with Crippen molar-refractivity contribution in [2.24, 2.45) is 0 Å². The van der Waals surface area contributed by atoms with E-state index in [2.05, 4.69) is 0 Å². The van der Waals surface area contributed by atoms with Crippen LogP contribution in [0.4, 0.5) is 0 Å². The number of carbonyl (C=O) groups excluding carboxylic acids is 2. The van der Waals surface area contributed by atoms with Crippen LogP contribution in [0.5, 0.6) is 0 Å². The Balaban J connectivity index is 2.05. The number of benzene rings is 1. The third-order valence-electron chi connectivity index (χ3n) is 3.29. The standard InChI is InChI=1S/C15H19NO3/c1-2-19-15(18)13-8-6-12(7-9-13)14(17)16-10-4-3-5-11-16/h6-9H,2-5,10-11H2,1H3. The Labute approximate surface area is 113 Å². The summed E-state index contributed by atoms with van der Waals surface area (Å²) in [5.41, 5.74) is 1.12. The molecule has 4 nitrogen and oxygen atoms in total. The summed E-state index contributed by atoms with van der Waals surface area (Å²) in [7, 11) is 0. The number of ether oxygens (including phenoxy) is 1. The lowest BCUT2D eigenvalue weighted by molar-refractivity contribution is 0.0525. The smallest absolute Gasteiger partial charge is 0.338 e. The summed E-state index contributed by atoms with van der Waals surface area (Å²) in [6.45, 7) is 3.79. The number of piperidine rings is 1. The minimum atomic E-state index is -0.348. The van der Waals surface area contributed by atoms with Crippen molar-refractivity contribution in [3.05, 3.63) is 35.4 Å². The predicted octanol–water partition coefficient (Wildman–Crippen LogP) is 2.49. The van der Waals surface area contributed by atoms with Gasteiger partial charge >= 0.3 is 5.97 Å². The van der Waals surface area contributed by atoms with E-state index >= 15 is 0 Å². The maximum absolute atomic E-state index is 12.2. The first-order chi connectivity index (χ1) is 9.22. The molecule has 1 saturated heterocycles. The molecular formula is C15H19NO3. The van der Waals surface area contributed by atoms with Gasteiger partial charge in [0.15, 0.2) is 0 Å². The summed E-state index contributed by atoms with van der Waals surface area (Å²) in [6.07, 6.45) is 3.35. The van der Waals surface area contributed by atoms with Crippen LogP contribution in [0, 0.1) is 0 Å². The second-order valence-electron chi connectivity index (χ2n) is 4.65. The Morgan fingerprint density at radius 3 is 2.21 bits per heavy atom. The molecule has 0 aliphatic carbocycles. The van der Waals surface area contributed by atoms with Gasteiger partial charge in [-0.1, -0.05) is 0 Å². The van der Waals surface area contributed by atoms with Gasteiger partial charge < -0.3 is 9.64 Å². The molecule has 1 aliphatic heterocycles. The molecule has 0 unspecified atom stereocenters. The highest BCUT2D eigenvalue weighted by Gasteiger charge is 2.18. The van der Waals surface area contributed by atoms with Crippen LogP contribution >= 0.6 is 0 Å². The van der Waals surface area contributed by atoms with Gasteiger partial charge in [0.2, 0.25) is 0 Å². The van der Waals surface area contributed by atoms with E-state index in [-0.39, 0.29) is 11.9 Å². The van der Waals surface area contributed by atoms with Crippen molar-refractivity contribution >= 4 is 11.9 Å². The van der Waals surface area contributed by atoms with Crippen molar-refractivity contribution in [3.63, 3.8) is 0 Å². The molecule has 1 aromatic rings. The number of carbonyl (C=O) groups is 2. The molecule has 0 saturated carbocycles. The highest BCUT2D eigenvalue weighted by atomic mass is 16.5. The maximum Gasteiger partial charge on any atom is 0.338 e. The molecule has 1 aromatic carbocycles. The molecule has 1 heterocycles. The highest BCUT2D eigenvalue weighted by Crippen LogP contribution is 2.14. The number of rotatable bonds is 3. The van der Waals surface area contributed by atoms with Gasteiger partial charge in [0, 0.05) is 18.7 Å². The van der Waals surface area contributed by atoms with Gasteiger partial charge in [-0.25, -0.2) is 4.79 Å². The first kappa shape index (κ1) is 13.6. The van der Waals surface area contributed by atoms with Crippen molar-refractivity contribution in [2.45, 2.75) is 26.2 Å². The fourth-order valence-electron chi connectivity index (χ4n) is 2.24.